The highest BCUT2D eigenvalue weighted by Gasteiger charge is 1.89. The number of hydrogen-bond donors (Lipinski definition) is 1. The quantitative estimate of drug-likeness (QED) is 0.889. The van der Waals surface area contributed by atoms with Gasteiger partial charge in [0.2, 0.25) is 0 Å². The van der Waals surface area contributed by atoms with Crippen molar-refractivity contribution in [2.45, 2.75) is 13.8 Å². The molecular weight excluding hydrogens is 238 g/mol. The fourth-order valence-corrected chi connectivity index (χ4v) is 1.21. The molecular formula is C16H19NO2. The van der Waals surface area contributed by atoms with Crippen LogP contribution in [0, 0.1) is 0 Å². The second-order valence-electron chi connectivity index (χ2n) is 3.77. The Morgan fingerprint density at radius 1 is 0.789 bits per heavy atom. The molecule has 3 heteroatoms. The number of carbonyl (C=O) groups excluding carboxylic acids is 2. The van der Waals surface area contributed by atoms with Crippen LogP contribution in [0.5, 0.6) is 0 Å². The van der Waals surface area contributed by atoms with Crippen LogP contribution in [0.25, 0.3) is 0 Å². The molecule has 0 spiro atoms. The van der Waals surface area contributed by atoms with E-state index in [1.807, 2.05) is 67.5 Å². The number of anilines is 2. The minimum absolute atomic E-state index is 0.167. The van der Waals surface area contributed by atoms with Crippen molar-refractivity contribution in [1.29, 1.82) is 0 Å². The van der Waals surface area contributed by atoms with Gasteiger partial charge < -0.3 is 14.9 Å². The molecule has 19 heavy (non-hydrogen) atoms. The Morgan fingerprint density at radius 2 is 1.05 bits per heavy atom. The summed E-state index contributed by atoms with van der Waals surface area (Å²) in [5, 5.41) is 3.30. The smallest absolute Gasteiger partial charge is 0.126 e. The molecule has 0 amide bonds. The van der Waals surface area contributed by atoms with Gasteiger partial charge >= 0.3 is 0 Å². The molecule has 2 aromatic carbocycles. The van der Waals surface area contributed by atoms with Gasteiger partial charge in [-0.2, -0.15) is 0 Å². The van der Waals surface area contributed by atoms with E-state index in [0.717, 1.165) is 11.4 Å². The van der Waals surface area contributed by atoms with Crippen LogP contribution in [0.1, 0.15) is 13.8 Å². The Bertz CT molecular complexity index is 413. The predicted molar refractivity (Wildman–Crippen MR) is 79.6 cm³/mol. The second kappa shape index (κ2) is 10.7. The Balaban J connectivity index is 0.000000467. The minimum Gasteiger partial charge on any atom is -0.356 e. The SMILES string of the molecule is C=O.CC(C)=O.c1ccc(Nc2ccccc2)cc1. The average Bonchev–Trinajstić information content (AvgIpc) is 2.43. The van der Waals surface area contributed by atoms with Crippen LogP contribution in [0.2, 0.25) is 0 Å². The first-order chi connectivity index (χ1) is 9.18. The van der Waals surface area contributed by atoms with E-state index in [1.54, 1.807) is 0 Å². The second-order valence-corrected chi connectivity index (χ2v) is 3.77. The largest absolute Gasteiger partial charge is 0.356 e. The van der Waals surface area contributed by atoms with Crippen LogP contribution in [-0.2, 0) is 9.59 Å². The third-order valence-electron chi connectivity index (χ3n) is 1.84. The molecule has 2 aromatic rings. The summed E-state index contributed by atoms with van der Waals surface area (Å²) in [5.41, 5.74) is 2.24. The van der Waals surface area contributed by atoms with Crippen molar-refractivity contribution in [2.75, 3.05) is 5.32 Å². The summed E-state index contributed by atoms with van der Waals surface area (Å²) in [7, 11) is 0. The van der Waals surface area contributed by atoms with E-state index in [1.165, 1.54) is 13.8 Å². The van der Waals surface area contributed by atoms with E-state index in [2.05, 4.69) is 5.32 Å². The van der Waals surface area contributed by atoms with E-state index in [0.29, 0.717) is 0 Å². The molecule has 3 nitrogen and oxygen atoms in total. The molecule has 1 N–H and O–H groups in total. The third kappa shape index (κ3) is 9.30. The molecule has 0 fully saturated rings. The van der Waals surface area contributed by atoms with Crippen LogP contribution in [0.4, 0.5) is 11.4 Å². The van der Waals surface area contributed by atoms with Gasteiger partial charge in [-0.1, -0.05) is 36.4 Å². The highest BCUT2D eigenvalue weighted by atomic mass is 16.1. The van der Waals surface area contributed by atoms with Crippen molar-refractivity contribution in [3.05, 3.63) is 60.7 Å². The van der Waals surface area contributed by atoms with Crippen molar-refractivity contribution < 1.29 is 9.59 Å². The highest BCUT2D eigenvalue weighted by molar-refractivity contribution is 5.72. The van der Waals surface area contributed by atoms with Gasteiger partial charge in [0.15, 0.2) is 0 Å². The zero-order valence-corrected chi connectivity index (χ0v) is 11.3. The van der Waals surface area contributed by atoms with Gasteiger partial charge in [-0.3, -0.25) is 0 Å². The lowest BCUT2D eigenvalue weighted by atomic mass is 10.3. The summed E-state index contributed by atoms with van der Waals surface area (Å²) in [6, 6.07) is 20.3. The summed E-state index contributed by atoms with van der Waals surface area (Å²) >= 11 is 0. The molecule has 0 radical (unpaired) electrons. The van der Waals surface area contributed by atoms with E-state index in [9.17, 15) is 4.79 Å². The van der Waals surface area contributed by atoms with Gasteiger partial charge in [-0.25, -0.2) is 0 Å². The van der Waals surface area contributed by atoms with Gasteiger partial charge in [0.1, 0.15) is 12.6 Å². The maximum Gasteiger partial charge on any atom is 0.126 e. The molecule has 100 valence electrons. The van der Waals surface area contributed by atoms with E-state index in [4.69, 9.17) is 4.79 Å². The first-order valence-corrected chi connectivity index (χ1v) is 5.81. The zero-order chi connectivity index (χ0) is 14.5. The summed E-state index contributed by atoms with van der Waals surface area (Å²) in [5.74, 6) is 0.167. The number of para-hydroxylation sites is 2. The van der Waals surface area contributed by atoms with E-state index >= 15 is 0 Å². The number of benzene rings is 2. The van der Waals surface area contributed by atoms with Crippen molar-refractivity contribution in [2.24, 2.45) is 0 Å². The lowest BCUT2D eigenvalue weighted by molar-refractivity contribution is -0.115. The molecule has 0 bridgehead atoms. The van der Waals surface area contributed by atoms with Crippen LogP contribution < -0.4 is 5.32 Å². The monoisotopic (exact) mass is 257 g/mol. The number of carbonyl (C=O) groups is 2. The number of Topliss-reactive ketones (excluding diaryl/α,β-unsaturated/α-hetero) is 1. The Hall–Kier alpha value is -2.42. The van der Waals surface area contributed by atoms with Crippen molar-refractivity contribution >= 4 is 23.9 Å². The average molecular weight is 257 g/mol. The van der Waals surface area contributed by atoms with Crippen LogP contribution in [0.15, 0.2) is 60.7 Å². The van der Waals surface area contributed by atoms with E-state index in [-0.39, 0.29) is 5.78 Å². The van der Waals surface area contributed by atoms with Crippen molar-refractivity contribution in [1.82, 2.24) is 0 Å². The summed E-state index contributed by atoms with van der Waals surface area (Å²) in [4.78, 5) is 17.4. The molecule has 0 saturated heterocycles. The Morgan fingerprint density at radius 3 is 1.32 bits per heavy atom. The molecule has 0 aromatic heterocycles. The van der Waals surface area contributed by atoms with E-state index < -0.39 is 0 Å². The van der Waals surface area contributed by atoms with Gasteiger partial charge in [0.25, 0.3) is 0 Å². The summed E-state index contributed by atoms with van der Waals surface area (Å²) in [6.45, 7) is 5.06. The molecule has 0 aliphatic rings. The lowest BCUT2D eigenvalue weighted by Crippen LogP contribution is -1.87. The maximum absolute atomic E-state index is 9.44. The number of ketones is 1. The van der Waals surface area contributed by atoms with Crippen LogP contribution in [-0.4, -0.2) is 12.6 Å². The minimum atomic E-state index is 0.167. The summed E-state index contributed by atoms with van der Waals surface area (Å²) in [6.07, 6.45) is 0. The normalized spacial score (nSPS) is 8.11. The van der Waals surface area contributed by atoms with Crippen LogP contribution in [0.3, 0.4) is 0 Å². The lowest BCUT2D eigenvalue weighted by Gasteiger charge is -2.04. The number of hydrogen-bond acceptors (Lipinski definition) is 3. The predicted octanol–water partition coefficient (Wildman–Crippen LogP) is 3.84. The Labute approximate surface area is 114 Å². The highest BCUT2D eigenvalue weighted by Crippen LogP contribution is 2.14. The standard InChI is InChI=1S/C12H11N.C3H6O.CH2O/c1-3-7-11(8-4-1)13-12-9-5-2-6-10-12;1-3(2)4;1-2/h1-10,13H;1-2H3;1H2. The maximum atomic E-state index is 9.44. The molecule has 0 atom stereocenters. The van der Waals surface area contributed by atoms with Gasteiger partial charge in [-0.15, -0.1) is 0 Å². The van der Waals surface area contributed by atoms with Crippen LogP contribution >= 0.6 is 0 Å². The molecule has 0 aliphatic heterocycles. The number of rotatable bonds is 2. The third-order valence-corrected chi connectivity index (χ3v) is 1.84. The molecule has 0 heterocycles. The van der Waals surface area contributed by atoms with Gasteiger partial charge in [-0.05, 0) is 38.1 Å². The molecule has 0 saturated carbocycles. The molecule has 0 aliphatic carbocycles. The zero-order valence-electron chi connectivity index (χ0n) is 11.3. The Kier molecular flexibility index (Phi) is 9.35. The fourth-order valence-electron chi connectivity index (χ4n) is 1.21. The molecule has 2 rings (SSSR count). The number of nitrogens with one attached hydrogen (secondary N) is 1. The van der Waals surface area contributed by atoms with Crippen molar-refractivity contribution in [3.63, 3.8) is 0 Å². The summed E-state index contributed by atoms with van der Waals surface area (Å²) < 4.78 is 0. The van der Waals surface area contributed by atoms with Gasteiger partial charge in [0.05, 0.1) is 0 Å². The molecule has 0 unspecified atom stereocenters. The first kappa shape index (κ1) is 16.6. The first-order valence-electron chi connectivity index (χ1n) is 5.81. The topological polar surface area (TPSA) is 46.2 Å². The van der Waals surface area contributed by atoms with Crippen molar-refractivity contribution in [3.8, 4) is 0 Å². The van der Waals surface area contributed by atoms with Gasteiger partial charge in [0, 0.05) is 11.4 Å². The fraction of sp³-hybridized carbons (Fsp3) is 0.125.